The van der Waals surface area contributed by atoms with Gasteiger partial charge in [0.1, 0.15) is 48.1 Å². The predicted molar refractivity (Wildman–Crippen MR) is 306 cm³/mol. The molecule has 11 rings (SSSR count). The highest BCUT2D eigenvalue weighted by Gasteiger charge is 2.43. The summed E-state index contributed by atoms with van der Waals surface area (Å²) < 4.78 is 38.4. The molecule has 3 fully saturated rings. The minimum atomic E-state index is -0.995. The maximum absolute atomic E-state index is 16.1. The van der Waals surface area contributed by atoms with Crippen molar-refractivity contribution in [2.45, 2.75) is 129 Å². The van der Waals surface area contributed by atoms with E-state index in [0.717, 1.165) is 63.5 Å². The van der Waals surface area contributed by atoms with E-state index in [-0.39, 0.29) is 56.7 Å². The van der Waals surface area contributed by atoms with Crippen molar-refractivity contribution in [1.82, 2.24) is 55.2 Å². The topological polar surface area (TPSA) is 244 Å². The Kier molecular flexibility index (Phi) is 15.8. The van der Waals surface area contributed by atoms with Gasteiger partial charge in [0.2, 0.25) is 11.8 Å². The molecule has 6 heterocycles. The van der Waals surface area contributed by atoms with E-state index in [9.17, 15) is 24.9 Å². The number of carbonyl (C=O) groups is 2. The zero-order valence-electron chi connectivity index (χ0n) is 47.3. The molecule has 430 valence electrons. The average Bonchev–Trinajstić information content (AvgIpc) is 2.66. The van der Waals surface area contributed by atoms with Gasteiger partial charge in [-0.15, -0.1) is 5.10 Å². The first kappa shape index (κ1) is 56.0. The van der Waals surface area contributed by atoms with Gasteiger partial charge in [-0.1, -0.05) is 67.6 Å². The molecule has 4 aromatic heterocycles. The summed E-state index contributed by atoms with van der Waals surface area (Å²) in [6.45, 7) is 12.8. The first-order valence-corrected chi connectivity index (χ1v) is 28.3. The number of carbonyl (C=O) groups excluding carboxylic acids is 2. The fourth-order valence-corrected chi connectivity index (χ4v) is 11.7. The number of methoxy groups -OCH3 is 1. The fourth-order valence-electron chi connectivity index (χ4n) is 11.7. The number of aliphatic hydroxyl groups is 3. The van der Waals surface area contributed by atoms with E-state index in [1.165, 1.54) is 15.6 Å². The molecule has 0 radical (unpaired) electrons. The number of hydrogen-bond donors (Lipinski definition) is 5. The van der Waals surface area contributed by atoms with Gasteiger partial charge in [0.15, 0.2) is 5.75 Å². The number of aromatic amines is 1. The van der Waals surface area contributed by atoms with Crippen molar-refractivity contribution in [3.63, 3.8) is 0 Å². The van der Waals surface area contributed by atoms with Crippen molar-refractivity contribution in [2.24, 2.45) is 5.92 Å². The Bertz CT molecular complexity index is 3610. The van der Waals surface area contributed by atoms with Crippen LogP contribution in [0.1, 0.15) is 107 Å². The van der Waals surface area contributed by atoms with Crippen LogP contribution in [0.3, 0.4) is 0 Å². The van der Waals surface area contributed by atoms with Crippen molar-refractivity contribution in [3.8, 4) is 45.4 Å². The van der Waals surface area contributed by atoms with E-state index in [4.69, 9.17) is 24.2 Å². The van der Waals surface area contributed by atoms with E-state index < -0.39 is 47.5 Å². The molecule has 8 aromatic rings. The highest BCUT2D eigenvalue weighted by molar-refractivity contribution is 6.06. The molecule has 20 nitrogen and oxygen atoms in total. The Morgan fingerprint density at radius 2 is 1.76 bits per heavy atom. The number of ether oxygens (including phenoxy) is 3. The lowest BCUT2D eigenvalue weighted by Gasteiger charge is -2.38. The number of likely N-dealkylation sites (tertiary alicyclic amines) is 1. The number of benzene rings is 4. The predicted octanol–water partition coefficient (Wildman–Crippen LogP) is 7.99. The molecule has 2 saturated heterocycles. The van der Waals surface area contributed by atoms with Crippen LogP contribution in [-0.2, 0) is 27.5 Å². The Morgan fingerprint density at radius 1 is 0.988 bits per heavy atom. The lowest BCUT2D eigenvalue weighted by molar-refractivity contribution is -0.142. The number of aryl methyl sites for hydroxylation is 1. The zero-order valence-corrected chi connectivity index (χ0v) is 47.3. The van der Waals surface area contributed by atoms with Gasteiger partial charge < -0.3 is 44.6 Å². The number of anilines is 1. The van der Waals surface area contributed by atoms with E-state index in [1.807, 2.05) is 93.9 Å². The molecule has 0 bridgehead atoms. The van der Waals surface area contributed by atoms with Crippen LogP contribution in [0, 0.1) is 18.7 Å². The van der Waals surface area contributed by atoms with Gasteiger partial charge in [-0.2, -0.15) is 20.2 Å². The third-order valence-electron chi connectivity index (χ3n) is 16.3. The summed E-state index contributed by atoms with van der Waals surface area (Å²) in [5, 5.41) is 57.8. The van der Waals surface area contributed by atoms with Crippen LogP contribution in [0.4, 0.5) is 10.2 Å². The summed E-state index contributed by atoms with van der Waals surface area (Å²) in [5.41, 5.74) is 7.46. The minimum absolute atomic E-state index is 0.0303. The normalized spacial score (nSPS) is 19.5. The van der Waals surface area contributed by atoms with E-state index in [1.54, 1.807) is 32.6 Å². The molecule has 5 N–H and O–H groups in total. The molecule has 2 amide bonds. The van der Waals surface area contributed by atoms with Crippen molar-refractivity contribution in [3.05, 3.63) is 113 Å². The van der Waals surface area contributed by atoms with Crippen molar-refractivity contribution >= 4 is 39.4 Å². The van der Waals surface area contributed by atoms with Gasteiger partial charge in [0, 0.05) is 73.4 Å². The molecule has 6 atom stereocenters. The zero-order chi connectivity index (χ0) is 57.6. The molecular weight excluding hydrogens is 1050 g/mol. The number of nitrogens with zero attached hydrogens (tertiary/aromatic N) is 10. The Morgan fingerprint density at radius 3 is 2.46 bits per heavy atom. The van der Waals surface area contributed by atoms with E-state index in [0.29, 0.717) is 71.0 Å². The standard InChI is InChI=1S/C61H71FN12O8/c1-8-73-50(20-22-64-73)41-18-16-40(17-19-41)49(30-75)65-58(77)51-24-42(76)28-72(51)59(78)55(34(2)3)74-29-48(69-70-74)39-12-10-37(11-13-39)32-81-56-53(52-36(5)46(62)26-47-45(52)27-63-68-47)43(38-14-15-38)25-44-54(56)66-60(82-31-35(4)80-7)67-57(44)71-23-9-21-61(6,79)33-71/h10-13,16-20,22,25-27,29,34-35,38,42,49,51,55,75-76,79H,8-9,14-15,21,23-24,28,30-33H2,1-7H3,(H,63,68)(H,65,77)/t35-,42+,49-,51-,55-,61-/m0/s1. The summed E-state index contributed by atoms with van der Waals surface area (Å²) in [7, 11) is 1.61. The second-order valence-corrected chi connectivity index (χ2v) is 22.8. The molecule has 0 spiro atoms. The van der Waals surface area contributed by atoms with Crippen molar-refractivity contribution in [1.29, 1.82) is 0 Å². The van der Waals surface area contributed by atoms with Crippen molar-refractivity contribution < 1.29 is 43.5 Å². The number of halogens is 1. The summed E-state index contributed by atoms with van der Waals surface area (Å²) in [6.07, 6.45) is 7.25. The molecular formula is C61H71FN12O8. The van der Waals surface area contributed by atoms with Crippen LogP contribution >= 0.6 is 0 Å². The second-order valence-electron chi connectivity index (χ2n) is 22.8. The maximum atomic E-state index is 16.1. The Balaban J connectivity index is 0.872. The van der Waals surface area contributed by atoms with Crippen LogP contribution in [0.25, 0.3) is 55.4 Å². The van der Waals surface area contributed by atoms with Gasteiger partial charge in [0.05, 0.1) is 54.1 Å². The fraction of sp³-hybridized carbons (Fsp3) is 0.443. The Labute approximate surface area is 474 Å². The number of fused-ring (bicyclic) bond motifs is 2. The van der Waals surface area contributed by atoms with Crippen LogP contribution in [-0.4, -0.2) is 141 Å². The van der Waals surface area contributed by atoms with E-state index >= 15 is 4.39 Å². The number of rotatable bonds is 20. The van der Waals surface area contributed by atoms with Crippen LogP contribution < -0.4 is 19.7 Å². The first-order valence-electron chi connectivity index (χ1n) is 28.3. The quantitative estimate of drug-likeness (QED) is 0.0486. The molecule has 82 heavy (non-hydrogen) atoms. The van der Waals surface area contributed by atoms with Gasteiger partial charge in [-0.3, -0.25) is 19.4 Å². The summed E-state index contributed by atoms with van der Waals surface area (Å²) in [4.78, 5) is 42.3. The lowest BCUT2D eigenvalue weighted by Crippen LogP contribution is -2.50. The van der Waals surface area contributed by atoms with Crippen LogP contribution in [0.5, 0.6) is 11.8 Å². The lowest BCUT2D eigenvalue weighted by atomic mass is 9.88. The number of aliphatic hydroxyl groups excluding tert-OH is 2. The second kappa shape index (κ2) is 23.2. The molecule has 2 aliphatic heterocycles. The number of H-pyrrole nitrogens is 1. The third kappa shape index (κ3) is 11.3. The molecule has 1 aliphatic carbocycles. The minimum Gasteiger partial charge on any atom is -0.486 e. The first-order chi connectivity index (χ1) is 39.5. The summed E-state index contributed by atoms with van der Waals surface area (Å²) in [5.74, 6) is -0.357. The summed E-state index contributed by atoms with van der Waals surface area (Å²) >= 11 is 0. The van der Waals surface area contributed by atoms with E-state index in [2.05, 4.69) is 41.9 Å². The largest absolute Gasteiger partial charge is 0.486 e. The molecule has 3 aliphatic rings. The third-order valence-corrected chi connectivity index (χ3v) is 16.3. The van der Waals surface area contributed by atoms with Gasteiger partial charge >= 0.3 is 6.01 Å². The smallest absolute Gasteiger partial charge is 0.319 e. The number of β-amino-alcohol motifs (C(OH)–C–C–N with tert-alkyl or cyclic N) is 2. The summed E-state index contributed by atoms with van der Waals surface area (Å²) in [6, 6.07) is 18.2. The number of hydrogen-bond acceptors (Lipinski definition) is 15. The van der Waals surface area contributed by atoms with Gasteiger partial charge in [-0.25, -0.2) is 9.07 Å². The average molecular weight is 1120 g/mol. The monoisotopic (exact) mass is 1120 g/mol. The van der Waals surface area contributed by atoms with Crippen molar-refractivity contribution in [2.75, 3.05) is 44.9 Å². The number of piperidine rings is 1. The number of amides is 2. The molecule has 0 unspecified atom stereocenters. The SMILES string of the molecule is CCn1nccc1-c1ccc([C@H](CO)NC(=O)[C@@H]2C[C@@H](O)CN2C(=O)[C@H](C(C)C)n2cc(-c3ccc(COc4c(-c5c(C)c(F)cc6[nH]ncc56)c(C5CC5)cc5c(N6CCC[C@](C)(O)C6)nc(OC[C@H](C)OC)nc45)cc3)nn2)cc1. The van der Waals surface area contributed by atoms with Crippen LogP contribution in [0.15, 0.2) is 85.3 Å². The molecule has 4 aromatic carbocycles. The highest BCUT2D eigenvalue weighted by atomic mass is 19.1. The van der Waals surface area contributed by atoms with Gasteiger partial charge in [0.25, 0.3) is 0 Å². The Hall–Kier alpha value is -7.85. The maximum Gasteiger partial charge on any atom is 0.319 e. The van der Waals surface area contributed by atoms with Crippen LogP contribution in [0.2, 0.25) is 0 Å². The molecule has 1 saturated carbocycles. The highest BCUT2D eigenvalue weighted by Crippen LogP contribution is 2.53. The number of nitrogens with one attached hydrogen (secondary N) is 2. The molecule has 21 heteroatoms. The number of aromatic nitrogens is 9. The van der Waals surface area contributed by atoms with Gasteiger partial charge in [-0.05, 0) is 111 Å².